The fraction of sp³-hybridized carbons (Fsp3) is 0.391. The first-order valence-corrected chi connectivity index (χ1v) is 30.8. The zero-order valence-electron chi connectivity index (χ0n) is 47.9. The lowest BCUT2D eigenvalue weighted by Crippen LogP contribution is -2.25. The van der Waals surface area contributed by atoms with Crippen LogP contribution < -0.4 is 63.8 Å². The number of anilines is 6. The molecule has 0 amide bonds. The quantitative estimate of drug-likeness (QED) is 0.0657. The molecule has 0 fully saturated rings. The summed E-state index contributed by atoms with van der Waals surface area (Å²) in [5.41, 5.74) is 7.24. The molecule has 0 saturated carbocycles. The predicted molar refractivity (Wildman–Crippen MR) is 354 cm³/mol. The summed E-state index contributed by atoms with van der Waals surface area (Å²) in [5.74, 6) is 0. The highest BCUT2D eigenvalue weighted by molar-refractivity contribution is 6.10. The van der Waals surface area contributed by atoms with Gasteiger partial charge in [-0.2, -0.15) is 0 Å². The van der Waals surface area contributed by atoms with Crippen molar-refractivity contribution in [3.63, 3.8) is 0 Å². The van der Waals surface area contributed by atoms with Crippen LogP contribution >= 0.6 is 0 Å². The van der Waals surface area contributed by atoms with Gasteiger partial charge in [0.05, 0.1) is 0 Å². The SMILES string of the molecule is c1cc2c3cc4cccc(c4cc3c1)NCCCNCCCNCCCNc1cccc3cc4c(cccc4cc13)NCCCNCCCNCCCNc1cccc3cc4c(cccc4cc13)NCCCNCCCNCCCN2. The zero-order valence-corrected chi connectivity index (χ0v) is 47.9. The fourth-order valence-electron chi connectivity index (χ4n) is 11.5. The van der Waals surface area contributed by atoms with Gasteiger partial charge in [0.15, 0.2) is 0 Å². The minimum atomic E-state index is 0.936. The molecule has 6 aliphatic heterocycles. The van der Waals surface area contributed by atoms with Gasteiger partial charge in [0, 0.05) is 106 Å². The Hall–Kier alpha value is -6.90. The summed E-state index contributed by atoms with van der Waals surface area (Å²) in [7, 11) is 0. The van der Waals surface area contributed by atoms with E-state index >= 15 is 0 Å². The molecule has 12 nitrogen and oxygen atoms in total. The standard InChI is InChI=1S/C69H90N12/c1-16-52-46-59-53-17-2-23-65(59)77-41-11-35-71-30-8-31-73-37-13-43-79-67-25-5-20-56-51-63-57(50-62(56)67)21-6-27-69(63)81-45-15-39-75-33-9-32-74-38-14-44-80-68-26-4-19-55-48-60-54(49-61(55)68)18-3-24-66(60)78-42-12-36-72-29-7-28-70-34-10-40-76-64(22-1)58(52)47-53/h1-6,16-27,46-51,70-81H,7-15,28-45H2. The van der Waals surface area contributed by atoms with Crippen LogP contribution in [0.1, 0.15) is 57.8 Å². The van der Waals surface area contributed by atoms with Gasteiger partial charge in [-0.15, -0.1) is 0 Å². The Morgan fingerprint density at radius 1 is 0.173 bits per heavy atom. The summed E-state index contributed by atoms with van der Waals surface area (Å²) >= 11 is 0. The summed E-state index contributed by atoms with van der Waals surface area (Å²) in [6.45, 7) is 17.8. The van der Waals surface area contributed by atoms with Crippen LogP contribution in [0.5, 0.6) is 0 Å². The second-order valence-electron chi connectivity index (χ2n) is 22.0. The first kappa shape index (κ1) is 57.3. The van der Waals surface area contributed by atoms with Crippen molar-refractivity contribution < 1.29 is 0 Å². The van der Waals surface area contributed by atoms with Crippen molar-refractivity contribution in [3.8, 4) is 0 Å². The van der Waals surface area contributed by atoms with E-state index in [1.54, 1.807) is 0 Å². The van der Waals surface area contributed by atoms with Gasteiger partial charge < -0.3 is 63.8 Å². The average molecular weight is 1090 g/mol. The van der Waals surface area contributed by atoms with Crippen molar-refractivity contribution in [2.75, 3.05) is 150 Å². The minimum absolute atomic E-state index is 0.936. The summed E-state index contributed by atoms with van der Waals surface area (Å²) < 4.78 is 0. The van der Waals surface area contributed by atoms with Crippen LogP contribution in [-0.2, 0) is 0 Å². The molecule has 6 aliphatic rings. The number of hydrogen-bond donors (Lipinski definition) is 12. The van der Waals surface area contributed by atoms with Gasteiger partial charge in [-0.25, -0.2) is 0 Å². The molecule has 0 atom stereocenters. The molecule has 0 saturated heterocycles. The Balaban J connectivity index is 0.693. The van der Waals surface area contributed by atoms with Gasteiger partial charge in [-0.1, -0.05) is 72.8 Å². The molecule has 426 valence electrons. The van der Waals surface area contributed by atoms with Gasteiger partial charge in [-0.05, 0) is 241 Å². The third-order valence-electron chi connectivity index (χ3n) is 15.8. The summed E-state index contributed by atoms with van der Waals surface area (Å²) in [6, 6.07) is 53.9. The van der Waals surface area contributed by atoms with Crippen LogP contribution in [0.3, 0.4) is 0 Å². The van der Waals surface area contributed by atoms with Crippen LogP contribution in [0.4, 0.5) is 34.1 Å². The Labute approximate surface area is 481 Å². The third-order valence-corrected chi connectivity index (χ3v) is 15.8. The average Bonchev–Trinajstić information content (AvgIpc) is 3.51. The Bertz CT molecular complexity index is 2800. The van der Waals surface area contributed by atoms with E-state index in [4.69, 9.17) is 0 Å². The molecule has 12 N–H and O–H groups in total. The Kier molecular flexibility index (Phi) is 22.2. The first-order chi connectivity index (χ1) is 40.2. The van der Waals surface area contributed by atoms with Crippen molar-refractivity contribution in [2.24, 2.45) is 0 Å². The minimum Gasteiger partial charge on any atom is -0.384 e. The topological polar surface area (TPSA) is 144 Å². The van der Waals surface area contributed by atoms with Crippen molar-refractivity contribution in [2.45, 2.75) is 57.8 Å². The van der Waals surface area contributed by atoms with Crippen LogP contribution in [-0.4, -0.2) is 118 Å². The van der Waals surface area contributed by atoms with Crippen LogP contribution in [0.2, 0.25) is 0 Å². The largest absolute Gasteiger partial charge is 0.384 e. The van der Waals surface area contributed by atoms with E-state index in [-0.39, 0.29) is 0 Å². The first-order valence-electron chi connectivity index (χ1n) is 30.8. The molecule has 15 rings (SSSR count). The maximum atomic E-state index is 3.75. The lowest BCUT2D eigenvalue weighted by atomic mass is 10.0. The number of hydrogen-bond acceptors (Lipinski definition) is 12. The third kappa shape index (κ3) is 16.6. The van der Waals surface area contributed by atoms with Crippen molar-refractivity contribution in [1.29, 1.82) is 0 Å². The Morgan fingerprint density at radius 3 is 0.481 bits per heavy atom. The maximum absolute atomic E-state index is 3.75. The van der Waals surface area contributed by atoms with Crippen molar-refractivity contribution in [3.05, 3.63) is 146 Å². The van der Waals surface area contributed by atoms with Gasteiger partial charge in [0.2, 0.25) is 0 Å². The molecule has 0 spiro atoms. The number of benzene rings is 9. The monoisotopic (exact) mass is 1090 g/mol. The molecule has 0 radical (unpaired) electrons. The maximum Gasteiger partial charge on any atom is 0.0420 e. The second-order valence-corrected chi connectivity index (χ2v) is 22.0. The van der Waals surface area contributed by atoms with Gasteiger partial charge in [0.25, 0.3) is 0 Å². The normalized spacial score (nSPS) is 17.3. The highest BCUT2D eigenvalue weighted by atomic mass is 14.9. The molecular weight excluding hydrogens is 997 g/mol. The summed E-state index contributed by atoms with van der Waals surface area (Å²) in [5, 5.41) is 59.7. The smallest absolute Gasteiger partial charge is 0.0420 e. The van der Waals surface area contributed by atoms with Crippen LogP contribution in [0.15, 0.2) is 146 Å². The molecule has 9 aromatic carbocycles. The van der Waals surface area contributed by atoms with Crippen molar-refractivity contribution >= 4 is 98.8 Å². The summed E-state index contributed by atoms with van der Waals surface area (Å²) in [6.07, 6.45) is 9.81. The van der Waals surface area contributed by atoms with Gasteiger partial charge in [-0.3, -0.25) is 0 Å². The van der Waals surface area contributed by atoms with E-state index in [2.05, 4.69) is 209 Å². The molecule has 6 heterocycles. The number of nitrogens with one attached hydrogen (secondary N) is 12. The van der Waals surface area contributed by atoms with Crippen molar-refractivity contribution in [1.82, 2.24) is 31.9 Å². The molecule has 0 aliphatic carbocycles. The molecular formula is C69H90N12. The van der Waals surface area contributed by atoms with Gasteiger partial charge >= 0.3 is 0 Å². The predicted octanol–water partition coefficient (Wildman–Crippen LogP) is 12.5. The highest BCUT2D eigenvalue weighted by Gasteiger charge is 2.11. The van der Waals surface area contributed by atoms with E-state index in [0.29, 0.717) is 0 Å². The van der Waals surface area contributed by atoms with E-state index in [0.717, 1.165) is 176 Å². The lowest BCUT2D eigenvalue weighted by Gasteiger charge is -2.14. The molecule has 0 aromatic heterocycles. The van der Waals surface area contributed by atoms with E-state index in [9.17, 15) is 0 Å². The zero-order chi connectivity index (χ0) is 54.9. The second kappa shape index (κ2) is 31.3. The van der Waals surface area contributed by atoms with E-state index in [1.165, 1.54) is 98.8 Å². The number of rotatable bonds is 0. The van der Waals surface area contributed by atoms with E-state index < -0.39 is 0 Å². The summed E-state index contributed by atoms with van der Waals surface area (Å²) in [4.78, 5) is 0. The Morgan fingerprint density at radius 2 is 0.321 bits per heavy atom. The molecule has 18 bridgehead atoms. The van der Waals surface area contributed by atoms with Crippen LogP contribution in [0, 0.1) is 0 Å². The van der Waals surface area contributed by atoms with E-state index in [1.807, 2.05) is 0 Å². The molecule has 9 aromatic rings. The fourth-order valence-corrected chi connectivity index (χ4v) is 11.5. The molecule has 0 unspecified atom stereocenters. The van der Waals surface area contributed by atoms with Gasteiger partial charge in [0.1, 0.15) is 0 Å². The lowest BCUT2D eigenvalue weighted by molar-refractivity contribution is 0.583. The van der Waals surface area contributed by atoms with Crippen LogP contribution in [0.25, 0.3) is 64.6 Å². The molecule has 81 heavy (non-hydrogen) atoms. The molecule has 12 heteroatoms. The highest BCUT2D eigenvalue weighted by Crippen LogP contribution is 2.35.